The molecule has 3 heteroatoms. The summed E-state index contributed by atoms with van der Waals surface area (Å²) in [6, 6.07) is 10.5. The lowest BCUT2D eigenvalue weighted by Gasteiger charge is -2.30. The Labute approximate surface area is 122 Å². The number of unbranched alkanes of at least 4 members (excludes halogenated alkanes) is 1. The molecular formula is C17H26N2O. The summed E-state index contributed by atoms with van der Waals surface area (Å²) in [6.07, 6.45) is 4.17. The van der Waals surface area contributed by atoms with Gasteiger partial charge in [0.15, 0.2) is 0 Å². The second-order valence-corrected chi connectivity index (χ2v) is 5.68. The van der Waals surface area contributed by atoms with Crippen molar-refractivity contribution in [2.45, 2.75) is 64.7 Å². The molecule has 1 amide bonds. The molecule has 1 heterocycles. The van der Waals surface area contributed by atoms with Gasteiger partial charge in [-0.1, -0.05) is 57.0 Å². The molecule has 3 atom stereocenters. The van der Waals surface area contributed by atoms with Gasteiger partial charge in [0.05, 0.1) is 6.04 Å². The van der Waals surface area contributed by atoms with Crippen molar-refractivity contribution in [3.63, 3.8) is 0 Å². The van der Waals surface area contributed by atoms with Crippen LogP contribution in [0.5, 0.6) is 0 Å². The monoisotopic (exact) mass is 274 g/mol. The Balaban J connectivity index is 2.22. The number of benzene rings is 1. The molecule has 1 aliphatic heterocycles. The molecule has 3 nitrogen and oxygen atoms in total. The zero-order valence-corrected chi connectivity index (χ0v) is 12.8. The van der Waals surface area contributed by atoms with Crippen LogP contribution in [0.3, 0.4) is 0 Å². The summed E-state index contributed by atoms with van der Waals surface area (Å²) in [7, 11) is 0. The Morgan fingerprint density at radius 3 is 2.55 bits per heavy atom. The minimum Gasteiger partial charge on any atom is -0.319 e. The first-order valence-corrected chi connectivity index (χ1v) is 7.82. The number of rotatable bonds is 6. The van der Waals surface area contributed by atoms with Crippen LogP contribution in [0, 0.1) is 0 Å². The van der Waals surface area contributed by atoms with E-state index in [-0.39, 0.29) is 24.2 Å². The van der Waals surface area contributed by atoms with Gasteiger partial charge in [-0.25, -0.2) is 0 Å². The lowest BCUT2D eigenvalue weighted by Crippen LogP contribution is -2.38. The highest BCUT2D eigenvalue weighted by molar-refractivity contribution is 5.84. The van der Waals surface area contributed by atoms with Crippen LogP contribution >= 0.6 is 0 Å². The van der Waals surface area contributed by atoms with Crippen LogP contribution in [-0.2, 0) is 4.79 Å². The molecule has 0 spiro atoms. The number of hydrogen-bond donors (Lipinski definition) is 1. The summed E-state index contributed by atoms with van der Waals surface area (Å²) < 4.78 is 0. The van der Waals surface area contributed by atoms with Crippen molar-refractivity contribution in [2.75, 3.05) is 0 Å². The molecular weight excluding hydrogens is 248 g/mol. The molecule has 0 radical (unpaired) electrons. The van der Waals surface area contributed by atoms with Crippen molar-refractivity contribution in [3.05, 3.63) is 35.9 Å². The van der Waals surface area contributed by atoms with Crippen LogP contribution in [0.4, 0.5) is 0 Å². The van der Waals surface area contributed by atoms with Crippen molar-refractivity contribution in [2.24, 2.45) is 0 Å². The van der Waals surface area contributed by atoms with Crippen molar-refractivity contribution in [1.29, 1.82) is 0 Å². The van der Waals surface area contributed by atoms with E-state index in [9.17, 15) is 4.79 Å². The maximum atomic E-state index is 12.7. The average molecular weight is 274 g/mol. The van der Waals surface area contributed by atoms with Crippen LogP contribution < -0.4 is 5.32 Å². The SMILES string of the molecule is CCCCC1NC(c2ccccc2)N(C(C)CC)C1=O. The third kappa shape index (κ3) is 3.04. The molecule has 0 saturated carbocycles. The quantitative estimate of drug-likeness (QED) is 0.861. The third-order valence-electron chi connectivity index (χ3n) is 4.22. The molecule has 1 N–H and O–H groups in total. The van der Waals surface area contributed by atoms with Gasteiger partial charge in [0.25, 0.3) is 0 Å². The van der Waals surface area contributed by atoms with E-state index in [1.165, 1.54) is 5.56 Å². The third-order valence-corrected chi connectivity index (χ3v) is 4.22. The average Bonchev–Trinajstić information content (AvgIpc) is 2.82. The molecule has 20 heavy (non-hydrogen) atoms. The Bertz CT molecular complexity index is 432. The van der Waals surface area contributed by atoms with E-state index in [1.807, 2.05) is 23.1 Å². The first-order valence-electron chi connectivity index (χ1n) is 7.82. The van der Waals surface area contributed by atoms with Gasteiger partial charge in [-0.3, -0.25) is 10.1 Å². The van der Waals surface area contributed by atoms with E-state index < -0.39 is 0 Å². The fraction of sp³-hybridized carbons (Fsp3) is 0.588. The van der Waals surface area contributed by atoms with Gasteiger partial charge < -0.3 is 4.90 Å². The molecule has 1 aliphatic rings. The van der Waals surface area contributed by atoms with E-state index in [1.54, 1.807) is 0 Å². The number of nitrogens with one attached hydrogen (secondary N) is 1. The minimum atomic E-state index is -0.0193. The van der Waals surface area contributed by atoms with E-state index >= 15 is 0 Å². The van der Waals surface area contributed by atoms with E-state index in [0.717, 1.165) is 25.7 Å². The maximum absolute atomic E-state index is 12.7. The van der Waals surface area contributed by atoms with E-state index in [4.69, 9.17) is 0 Å². The molecule has 1 aromatic carbocycles. The number of carbonyl (C=O) groups excluding carboxylic acids is 1. The lowest BCUT2D eigenvalue weighted by molar-refractivity contribution is -0.132. The number of amides is 1. The minimum absolute atomic E-state index is 0.0193. The molecule has 0 aromatic heterocycles. The fourth-order valence-corrected chi connectivity index (χ4v) is 2.82. The Kier molecular flexibility index (Phi) is 5.18. The van der Waals surface area contributed by atoms with Crippen molar-refractivity contribution < 1.29 is 4.79 Å². The zero-order chi connectivity index (χ0) is 14.5. The van der Waals surface area contributed by atoms with Crippen molar-refractivity contribution in [1.82, 2.24) is 10.2 Å². The smallest absolute Gasteiger partial charge is 0.241 e. The van der Waals surface area contributed by atoms with E-state index in [2.05, 4.69) is 38.2 Å². The molecule has 1 fully saturated rings. The van der Waals surface area contributed by atoms with Crippen molar-refractivity contribution >= 4 is 5.91 Å². The topological polar surface area (TPSA) is 32.3 Å². The Hall–Kier alpha value is -1.35. The van der Waals surface area contributed by atoms with Crippen LogP contribution in [0.2, 0.25) is 0 Å². The predicted molar refractivity (Wildman–Crippen MR) is 82.2 cm³/mol. The molecule has 110 valence electrons. The highest BCUT2D eigenvalue weighted by atomic mass is 16.2. The van der Waals surface area contributed by atoms with Gasteiger partial charge in [-0.15, -0.1) is 0 Å². The number of hydrogen-bond acceptors (Lipinski definition) is 2. The molecule has 1 aromatic rings. The molecule has 3 unspecified atom stereocenters. The molecule has 0 aliphatic carbocycles. The summed E-state index contributed by atoms with van der Waals surface area (Å²) in [5.74, 6) is 0.265. The number of nitrogens with zero attached hydrogens (tertiary/aromatic N) is 1. The van der Waals surface area contributed by atoms with Gasteiger partial charge in [-0.2, -0.15) is 0 Å². The Morgan fingerprint density at radius 2 is 1.95 bits per heavy atom. The molecule has 2 rings (SSSR count). The summed E-state index contributed by atoms with van der Waals surface area (Å²) in [4.78, 5) is 14.7. The highest BCUT2D eigenvalue weighted by Gasteiger charge is 2.40. The fourth-order valence-electron chi connectivity index (χ4n) is 2.82. The highest BCUT2D eigenvalue weighted by Crippen LogP contribution is 2.29. The van der Waals surface area contributed by atoms with Crippen LogP contribution in [0.1, 0.15) is 58.2 Å². The van der Waals surface area contributed by atoms with Gasteiger partial charge >= 0.3 is 0 Å². The van der Waals surface area contributed by atoms with Gasteiger partial charge in [0.2, 0.25) is 5.91 Å². The number of carbonyl (C=O) groups is 1. The van der Waals surface area contributed by atoms with E-state index in [0.29, 0.717) is 0 Å². The summed E-state index contributed by atoms with van der Waals surface area (Å²) in [5.41, 5.74) is 1.18. The van der Waals surface area contributed by atoms with Crippen LogP contribution in [0.25, 0.3) is 0 Å². The molecule has 1 saturated heterocycles. The van der Waals surface area contributed by atoms with Crippen LogP contribution in [-0.4, -0.2) is 22.9 Å². The zero-order valence-electron chi connectivity index (χ0n) is 12.8. The standard InChI is InChI=1S/C17H26N2O/c1-4-6-12-15-17(20)19(13(3)5-2)16(18-15)14-10-8-7-9-11-14/h7-11,13,15-16,18H,4-6,12H2,1-3H3. The van der Waals surface area contributed by atoms with Crippen molar-refractivity contribution in [3.8, 4) is 0 Å². The Morgan fingerprint density at radius 1 is 1.25 bits per heavy atom. The molecule has 0 bridgehead atoms. The maximum Gasteiger partial charge on any atom is 0.241 e. The first-order chi connectivity index (χ1) is 9.69. The second-order valence-electron chi connectivity index (χ2n) is 5.68. The summed E-state index contributed by atoms with van der Waals surface area (Å²) in [6.45, 7) is 6.44. The normalized spacial score (nSPS) is 24.1. The first kappa shape index (κ1) is 15.0. The second kappa shape index (κ2) is 6.89. The lowest BCUT2D eigenvalue weighted by atomic mass is 10.1. The van der Waals surface area contributed by atoms with Gasteiger partial charge in [0, 0.05) is 6.04 Å². The van der Waals surface area contributed by atoms with Crippen LogP contribution in [0.15, 0.2) is 30.3 Å². The van der Waals surface area contributed by atoms with Gasteiger partial charge in [-0.05, 0) is 25.3 Å². The summed E-state index contributed by atoms with van der Waals surface area (Å²) >= 11 is 0. The summed E-state index contributed by atoms with van der Waals surface area (Å²) in [5, 5.41) is 3.53. The largest absolute Gasteiger partial charge is 0.319 e. The predicted octanol–water partition coefficient (Wildman–Crippen LogP) is 3.47. The van der Waals surface area contributed by atoms with Gasteiger partial charge in [0.1, 0.15) is 6.17 Å².